The Kier molecular flexibility index (Phi) is 4.45. The Hall–Kier alpha value is -1.79. The second-order valence-corrected chi connectivity index (χ2v) is 6.63. The summed E-state index contributed by atoms with van der Waals surface area (Å²) in [5.41, 5.74) is -2.21. The lowest BCUT2D eigenvalue weighted by atomic mass is 9.86. The van der Waals surface area contributed by atoms with E-state index in [0.717, 1.165) is 12.1 Å². The smallest absolute Gasteiger partial charge is 0.374 e. The van der Waals surface area contributed by atoms with Crippen molar-refractivity contribution in [3.8, 4) is 0 Å². The van der Waals surface area contributed by atoms with Crippen molar-refractivity contribution in [3.05, 3.63) is 69.0 Å². The van der Waals surface area contributed by atoms with E-state index >= 15 is 0 Å². The van der Waals surface area contributed by atoms with Gasteiger partial charge in [0.05, 0.1) is 5.71 Å². The van der Waals surface area contributed by atoms with Crippen LogP contribution in [-0.4, -0.2) is 11.9 Å². The van der Waals surface area contributed by atoms with Crippen LogP contribution in [0.3, 0.4) is 0 Å². The van der Waals surface area contributed by atoms with Crippen LogP contribution in [0.5, 0.6) is 0 Å². The third-order valence-corrected chi connectivity index (χ3v) is 4.44. The molecule has 8 heteroatoms. The van der Waals surface area contributed by atoms with E-state index in [1.54, 1.807) is 0 Å². The predicted octanol–water partition coefficient (Wildman–Crippen LogP) is 6.02. The average molecular weight is 392 g/mol. The summed E-state index contributed by atoms with van der Waals surface area (Å²) >= 11 is 11.7. The molecule has 1 heterocycles. The topological polar surface area (TPSA) is 21.6 Å². The molecule has 3 rings (SSSR count). The number of rotatable bonds is 2. The Bertz CT molecular complexity index is 846. The Labute approximate surface area is 151 Å². The molecule has 0 N–H and O–H groups in total. The van der Waals surface area contributed by atoms with Crippen LogP contribution in [0.4, 0.5) is 17.6 Å². The number of halogens is 6. The Balaban J connectivity index is 2.04. The highest BCUT2D eigenvalue weighted by Crippen LogP contribution is 2.49. The van der Waals surface area contributed by atoms with Crippen LogP contribution in [0, 0.1) is 12.7 Å². The van der Waals surface area contributed by atoms with Crippen molar-refractivity contribution in [1.29, 1.82) is 0 Å². The highest BCUT2D eigenvalue weighted by Gasteiger charge is 2.62. The number of aryl methyl sites for hydroxylation is 1. The molecule has 0 fully saturated rings. The summed E-state index contributed by atoms with van der Waals surface area (Å²) in [6.45, 7) is 1.52. The minimum absolute atomic E-state index is 0.0563. The van der Waals surface area contributed by atoms with Crippen molar-refractivity contribution in [1.82, 2.24) is 0 Å². The molecule has 1 atom stereocenters. The first-order valence-corrected chi connectivity index (χ1v) is 7.93. The molecule has 25 heavy (non-hydrogen) atoms. The first-order chi connectivity index (χ1) is 11.6. The number of hydrogen-bond donors (Lipinski definition) is 0. The lowest BCUT2D eigenvalue weighted by molar-refractivity contribution is -0.275. The van der Waals surface area contributed by atoms with E-state index in [1.165, 1.54) is 31.2 Å². The van der Waals surface area contributed by atoms with Gasteiger partial charge in [-0.05, 0) is 48.4 Å². The monoisotopic (exact) mass is 391 g/mol. The van der Waals surface area contributed by atoms with Gasteiger partial charge in [-0.15, -0.1) is 0 Å². The van der Waals surface area contributed by atoms with E-state index in [0.29, 0.717) is 11.1 Å². The molecule has 2 aromatic carbocycles. The summed E-state index contributed by atoms with van der Waals surface area (Å²) in [6.07, 6.45) is -5.33. The molecule has 1 aliphatic heterocycles. The molecule has 0 amide bonds. The summed E-state index contributed by atoms with van der Waals surface area (Å²) in [7, 11) is 0. The molecule has 2 aromatic rings. The fraction of sp³-hybridized carbons (Fsp3) is 0.235. The van der Waals surface area contributed by atoms with Gasteiger partial charge in [0.15, 0.2) is 0 Å². The van der Waals surface area contributed by atoms with Crippen molar-refractivity contribution in [2.24, 2.45) is 5.16 Å². The standard InChI is InChI=1S/C17H11Cl2F4NO/c1-9-4-10(2-3-14(9)20)15-8-16(25-24-15,17(21,22)23)11-5-12(18)7-13(19)6-11/h2-7H,8H2,1H3. The minimum Gasteiger partial charge on any atom is -0.374 e. The molecule has 0 saturated carbocycles. The largest absolute Gasteiger partial charge is 0.435 e. The van der Waals surface area contributed by atoms with Gasteiger partial charge in [0.25, 0.3) is 5.60 Å². The molecular formula is C17H11Cl2F4NO. The summed E-state index contributed by atoms with van der Waals surface area (Å²) in [6, 6.07) is 7.59. The molecule has 1 unspecified atom stereocenters. The van der Waals surface area contributed by atoms with Gasteiger partial charge in [-0.25, -0.2) is 4.39 Å². The van der Waals surface area contributed by atoms with Crippen LogP contribution >= 0.6 is 23.2 Å². The number of hydrogen-bond acceptors (Lipinski definition) is 2. The van der Waals surface area contributed by atoms with Gasteiger partial charge in [-0.2, -0.15) is 13.2 Å². The molecule has 2 nitrogen and oxygen atoms in total. The van der Waals surface area contributed by atoms with E-state index in [9.17, 15) is 17.6 Å². The Morgan fingerprint density at radius 3 is 2.28 bits per heavy atom. The van der Waals surface area contributed by atoms with Gasteiger partial charge in [0.1, 0.15) is 5.82 Å². The SMILES string of the molecule is Cc1cc(C2=NOC(c3cc(Cl)cc(Cl)c3)(C(F)(F)F)C2)ccc1F. The minimum atomic E-state index is -4.76. The molecule has 0 spiro atoms. The normalized spacial score (nSPS) is 20.4. The van der Waals surface area contributed by atoms with E-state index in [1.807, 2.05) is 0 Å². The van der Waals surface area contributed by atoms with Crippen LogP contribution in [0.2, 0.25) is 10.0 Å². The molecule has 0 bridgehead atoms. The molecular weight excluding hydrogens is 381 g/mol. The first kappa shape index (κ1) is 18.0. The maximum Gasteiger partial charge on any atom is 0.435 e. The fourth-order valence-electron chi connectivity index (χ4n) is 2.67. The van der Waals surface area contributed by atoms with Crippen LogP contribution in [-0.2, 0) is 10.4 Å². The zero-order valence-electron chi connectivity index (χ0n) is 12.8. The number of benzene rings is 2. The lowest BCUT2D eigenvalue weighted by Crippen LogP contribution is -2.42. The maximum absolute atomic E-state index is 13.9. The number of oxime groups is 1. The van der Waals surface area contributed by atoms with Gasteiger partial charge < -0.3 is 4.84 Å². The highest BCUT2D eigenvalue weighted by molar-refractivity contribution is 6.34. The van der Waals surface area contributed by atoms with Crippen LogP contribution in [0.15, 0.2) is 41.6 Å². The van der Waals surface area contributed by atoms with Gasteiger partial charge >= 0.3 is 6.18 Å². The first-order valence-electron chi connectivity index (χ1n) is 7.17. The Morgan fingerprint density at radius 2 is 1.72 bits per heavy atom. The Morgan fingerprint density at radius 1 is 1.08 bits per heavy atom. The average Bonchev–Trinajstić information content (AvgIpc) is 2.95. The number of nitrogens with zero attached hydrogens (tertiary/aromatic N) is 1. The second kappa shape index (κ2) is 6.18. The zero-order chi connectivity index (χ0) is 18.4. The van der Waals surface area contributed by atoms with Gasteiger partial charge in [0, 0.05) is 22.0 Å². The summed E-state index contributed by atoms with van der Waals surface area (Å²) in [5.74, 6) is -0.452. The third kappa shape index (κ3) is 3.20. The molecule has 132 valence electrons. The molecule has 1 aliphatic rings. The quantitative estimate of drug-likeness (QED) is 0.573. The predicted molar refractivity (Wildman–Crippen MR) is 87.6 cm³/mol. The summed E-state index contributed by atoms with van der Waals surface area (Å²) in [4.78, 5) is 4.89. The van der Waals surface area contributed by atoms with E-state index < -0.39 is 24.0 Å². The second-order valence-electron chi connectivity index (χ2n) is 5.75. The van der Waals surface area contributed by atoms with E-state index in [4.69, 9.17) is 28.0 Å². The van der Waals surface area contributed by atoms with Crippen LogP contribution in [0.25, 0.3) is 0 Å². The summed E-state index contributed by atoms with van der Waals surface area (Å²) < 4.78 is 55.0. The van der Waals surface area contributed by atoms with Gasteiger partial charge in [0.2, 0.25) is 0 Å². The van der Waals surface area contributed by atoms with Crippen molar-refractivity contribution < 1.29 is 22.4 Å². The van der Waals surface area contributed by atoms with Crippen LogP contribution < -0.4 is 0 Å². The highest BCUT2D eigenvalue weighted by atomic mass is 35.5. The molecule has 0 aliphatic carbocycles. The van der Waals surface area contributed by atoms with Crippen molar-refractivity contribution in [2.75, 3.05) is 0 Å². The lowest BCUT2D eigenvalue weighted by Gasteiger charge is -2.29. The van der Waals surface area contributed by atoms with E-state index in [-0.39, 0.29) is 21.3 Å². The maximum atomic E-state index is 13.9. The third-order valence-electron chi connectivity index (χ3n) is 4.01. The van der Waals surface area contributed by atoms with Crippen LogP contribution in [0.1, 0.15) is 23.1 Å². The van der Waals surface area contributed by atoms with E-state index in [2.05, 4.69) is 5.16 Å². The van der Waals surface area contributed by atoms with Crippen molar-refractivity contribution in [2.45, 2.75) is 25.1 Å². The van der Waals surface area contributed by atoms with Gasteiger partial charge in [-0.3, -0.25) is 0 Å². The molecule has 0 aromatic heterocycles. The fourth-order valence-corrected chi connectivity index (χ4v) is 3.20. The zero-order valence-corrected chi connectivity index (χ0v) is 14.3. The van der Waals surface area contributed by atoms with Crippen molar-refractivity contribution in [3.63, 3.8) is 0 Å². The molecule has 0 saturated heterocycles. The van der Waals surface area contributed by atoms with Crippen molar-refractivity contribution >= 4 is 28.9 Å². The summed E-state index contributed by atoms with van der Waals surface area (Å²) in [5, 5.41) is 3.73. The number of alkyl halides is 3. The molecule has 0 radical (unpaired) electrons. The van der Waals surface area contributed by atoms with Gasteiger partial charge in [-0.1, -0.05) is 34.4 Å².